The molecule has 2 fully saturated rings. The number of carboxylic acids is 1. The molecule has 2 saturated carbocycles. The van der Waals surface area contributed by atoms with E-state index in [0.29, 0.717) is 18.3 Å². The second-order valence-electron chi connectivity index (χ2n) is 5.90. The lowest BCUT2D eigenvalue weighted by Crippen LogP contribution is -2.31. The van der Waals surface area contributed by atoms with Crippen LogP contribution in [0.2, 0.25) is 0 Å². The monoisotopic (exact) mass is 324 g/mol. The summed E-state index contributed by atoms with van der Waals surface area (Å²) in [5.74, 6) is 1.48. The van der Waals surface area contributed by atoms with Gasteiger partial charge in [0.1, 0.15) is 5.75 Å². The maximum atomic E-state index is 11.7. The van der Waals surface area contributed by atoms with Gasteiger partial charge < -0.3 is 9.84 Å². The molecule has 0 saturated heterocycles. The molecule has 19 heavy (non-hydrogen) atoms. The molecule has 0 amide bonds. The third-order valence-corrected chi connectivity index (χ3v) is 5.21. The van der Waals surface area contributed by atoms with Crippen molar-refractivity contribution in [1.29, 1.82) is 0 Å². The number of fused-ring (bicyclic) bond motifs is 1. The molecule has 1 aromatic rings. The fourth-order valence-electron chi connectivity index (χ4n) is 3.50. The average molecular weight is 325 g/mol. The molecule has 3 nitrogen and oxygen atoms in total. The predicted molar refractivity (Wildman–Crippen MR) is 75.3 cm³/mol. The number of halogens is 1. The summed E-state index contributed by atoms with van der Waals surface area (Å²) < 4.78 is 6.09. The number of hydrogen-bond acceptors (Lipinski definition) is 2. The molecular weight excluding hydrogens is 308 g/mol. The van der Waals surface area contributed by atoms with E-state index in [9.17, 15) is 9.90 Å². The molecule has 0 spiro atoms. The van der Waals surface area contributed by atoms with Crippen molar-refractivity contribution in [2.75, 3.05) is 7.11 Å². The fraction of sp³-hybridized carbons (Fsp3) is 0.533. The first kappa shape index (κ1) is 13.0. The standard InChI is InChI=1S/C15H17BrO3/c1-19-13-3-2-9(4-12(13)16)6-15(14(17)18)7-10-5-11(10)8-15/h2-4,10-11H,5-8H2,1H3,(H,17,18). The maximum Gasteiger partial charge on any atom is 0.309 e. The van der Waals surface area contributed by atoms with Crippen LogP contribution in [0.15, 0.2) is 22.7 Å². The zero-order valence-corrected chi connectivity index (χ0v) is 12.4. The van der Waals surface area contributed by atoms with E-state index in [4.69, 9.17) is 4.74 Å². The average Bonchev–Trinajstić information content (AvgIpc) is 2.97. The third-order valence-electron chi connectivity index (χ3n) is 4.59. The van der Waals surface area contributed by atoms with Gasteiger partial charge in [0, 0.05) is 0 Å². The normalized spacial score (nSPS) is 31.9. The Balaban J connectivity index is 1.83. The highest BCUT2D eigenvalue weighted by atomic mass is 79.9. The van der Waals surface area contributed by atoms with Gasteiger partial charge in [0.25, 0.3) is 0 Å². The predicted octanol–water partition coefficient (Wildman–Crippen LogP) is 3.50. The smallest absolute Gasteiger partial charge is 0.309 e. The summed E-state index contributed by atoms with van der Waals surface area (Å²) in [5, 5.41) is 9.60. The highest BCUT2D eigenvalue weighted by Crippen LogP contribution is 2.61. The Morgan fingerprint density at radius 1 is 1.47 bits per heavy atom. The van der Waals surface area contributed by atoms with E-state index in [0.717, 1.165) is 28.6 Å². The van der Waals surface area contributed by atoms with Crippen molar-refractivity contribution in [3.63, 3.8) is 0 Å². The number of benzene rings is 1. The molecule has 0 aromatic heterocycles. The number of hydrogen-bond donors (Lipinski definition) is 1. The Bertz CT molecular complexity index is 516. The van der Waals surface area contributed by atoms with E-state index in [1.54, 1.807) is 7.11 Å². The van der Waals surface area contributed by atoms with Crippen LogP contribution in [0.5, 0.6) is 5.75 Å². The molecule has 0 heterocycles. The number of ether oxygens (including phenoxy) is 1. The highest BCUT2D eigenvalue weighted by Gasteiger charge is 2.57. The van der Waals surface area contributed by atoms with Crippen LogP contribution >= 0.6 is 15.9 Å². The summed E-state index contributed by atoms with van der Waals surface area (Å²) in [7, 11) is 1.63. The van der Waals surface area contributed by atoms with Gasteiger partial charge in [-0.15, -0.1) is 0 Å². The topological polar surface area (TPSA) is 46.5 Å². The minimum absolute atomic E-state index is 0.540. The van der Waals surface area contributed by atoms with Gasteiger partial charge in [-0.3, -0.25) is 4.79 Å². The molecule has 2 aliphatic rings. The summed E-state index contributed by atoms with van der Waals surface area (Å²) in [5.41, 5.74) is 0.526. The molecule has 2 atom stereocenters. The van der Waals surface area contributed by atoms with Crippen LogP contribution in [0.1, 0.15) is 24.8 Å². The lowest BCUT2D eigenvalue weighted by Gasteiger charge is -2.26. The minimum atomic E-state index is -0.633. The van der Waals surface area contributed by atoms with Gasteiger partial charge in [0.15, 0.2) is 0 Å². The Morgan fingerprint density at radius 2 is 2.16 bits per heavy atom. The van der Waals surface area contributed by atoms with Crippen molar-refractivity contribution in [2.24, 2.45) is 17.3 Å². The third kappa shape index (κ3) is 2.27. The molecule has 102 valence electrons. The summed E-state index contributed by atoms with van der Waals surface area (Å²) in [4.78, 5) is 11.7. The van der Waals surface area contributed by atoms with Crippen molar-refractivity contribution in [3.05, 3.63) is 28.2 Å². The van der Waals surface area contributed by atoms with Crippen LogP contribution in [0.4, 0.5) is 0 Å². The van der Waals surface area contributed by atoms with E-state index in [-0.39, 0.29) is 0 Å². The van der Waals surface area contributed by atoms with Crippen LogP contribution in [-0.2, 0) is 11.2 Å². The van der Waals surface area contributed by atoms with Gasteiger partial charge >= 0.3 is 5.97 Å². The van der Waals surface area contributed by atoms with Gasteiger partial charge in [-0.05, 0) is 71.1 Å². The van der Waals surface area contributed by atoms with E-state index in [1.165, 1.54) is 6.42 Å². The van der Waals surface area contributed by atoms with E-state index in [2.05, 4.69) is 15.9 Å². The van der Waals surface area contributed by atoms with E-state index >= 15 is 0 Å². The SMILES string of the molecule is COc1ccc(CC2(C(=O)O)CC3CC3C2)cc1Br. The summed E-state index contributed by atoms with van der Waals surface area (Å²) in [6.45, 7) is 0. The number of rotatable bonds is 4. The quantitative estimate of drug-likeness (QED) is 0.922. The first-order valence-electron chi connectivity index (χ1n) is 6.60. The van der Waals surface area contributed by atoms with Crippen LogP contribution in [-0.4, -0.2) is 18.2 Å². The van der Waals surface area contributed by atoms with Crippen LogP contribution in [0, 0.1) is 17.3 Å². The fourth-order valence-corrected chi connectivity index (χ4v) is 4.09. The zero-order valence-electron chi connectivity index (χ0n) is 10.9. The number of methoxy groups -OCH3 is 1. The summed E-state index contributed by atoms with van der Waals surface area (Å²) in [6, 6.07) is 5.84. The Kier molecular flexibility index (Phi) is 3.08. The molecule has 2 unspecified atom stereocenters. The van der Waals surface area contributed by atoms with Gasteiger partial charge in [-0.25, -0.2) is 0 Å². The first-order chi connectivity index (χ1) is 9.04. The summed E-state index contributed by atoms with van der Waals surface area (Å²) in [6.07, 6.45) is 3.55. The second-order valence-corrected chi connectivity index (χ2v) is 6.75. The molecule has 4 heteroatoms. The van der Waals surface area contributed by atoms with Crippen molar-refractivity contribution < 1.29 is 14.6 Å². The first-order valence-corrected chi connectivity index (χ1v) is 7.39. The summed E-state index contributed by atoms with van der Waals surface area (Å²) >= 11 is 3.46. The lowest BCUT2D eigenvalue weighted by molar-refractivity contribution is -0.149. The number of aliphatic carboxylic acids is 1. The van der Waals surface area contributed by atoms with Crippen molar-refractivity contribution in [3.8, 4) is 5.75 Å². The van der Waals surface area contributed by atoms with Crippen molar-refractivity contribution in [2.45, 2.75) is 25.7 Å². The number of carboxylic acid groups (broad SMARTS) is 1. The molecular formula is C15H17BrO3. The van der Waals surface area contributed by atoms with Crippen molar-refractivity contribution in [1.82, 2.24) is 0 Å². The Labute approximate surface area is 121 Å². The molecule has 0 radical (unpaired) electrons. The molecule has 0 aliphatic heterocycles. The number of carbonyl (C=O) groups is 1. The largest absolute Gasteiger partial charge is 0.496 e. The van der Waals surface area contributed by atoms with Crippen LogP contribution in [0.25, 0.3) is 0 Å². The van der Waals surface area contributed by atoms with Gasteiger partial charge in [-0.1, -0.05) is 6.07 Å². The minimum Gasteiger partial charge on any atom is -0.496 e. The van der Waals surface area contributed by atoms with Crippen LogP contribution < -0.4 is 4.74 Å². The lowest BCUT2D eigenvalue weighted by atomic mass is 9.77. The van der Waals surface area contributed by atoms with E-state index in [1.807, 2.05) is 18.2 Å². The molecule has 3 rings (SSSR count). The molecule has 0 bridgehead atoms. The molecule has 2 aliphatic carbocycles. The molecule has 1 N–H and O–H groups in total. The zero-order chi connectivity index (χ0) is 13.6. The van der Waals surface area contributed by atoms with Crippen molar-refractivity contribution >= 4 is 21.9 Å². The van der Waals surface area contributed by atoms with Gasteiger partial charge in [0.2, 0.25) is 0 Å². The maximum absolute atomic E-state index is 11.7. The van der Waals surface area contributed by atoms with Crippen LogP contribution in [0.3, 0.4) is 0 Å². The highest BCUT2D eigenvalue weighted by molar-refractivity contribution is 9.10. The second kappa shape index (κ2) is 4.51. The van der Waals surface area contributed by atoms with Gasteiger partial charge in [-0.2, -0.15) is 0 Å². The Hall–Kier alpha value is -1.03. The molecule has 1 aromatic carbocycles. The van der Waals surface area contributed by atoms with E-state index < -0.39 is 11.4 Å². The van der Waals surface area contributed by atoms with Gasteiger partial charge in [0.05, 0.1) is 17.0 Å². The Morgan fingerprint density at radius 3 is 2.68 bits per heavy atom.